The second-order valence-electron chi connectivity index (χ2n) is 6.96. The van der Waals surface area contributed by atoms with E-state index in [1.807, 2.05) is 6.07 Å². The first-order valence-electron chi connectivity index (χ1n) is 7.64. The maximum Gasteiger partial charge on any atom is 0.241 e. The SMILES string of the molecule is CCCC1NC(c2ccccc2F)N(CC(C)(C)C)C1=O. The van der Waals surface area contributed by atoms with Gasteiger partial charge in [-0.15, -0.1) is 0 Å². The molecule has 2 rings (SSSR count). The summed E-state index contributed by atoms with van der Waals surface area (Å²) in [6.45, 7) is 8.93. The Bertz CT molecular complexity index is 510. The van der Waals surface area contributed by atoms with Gasteiger partial charge in [-0.2, -0.15) is 0 Å². The van der Waals surface area contributed by atoms with E-state index in [4.69, 9.17) is 0 Å². The first-order chi connectivity index (χ1) is 9.83. The normalized spacial score (nSPS) is 22.9. The molecule has 2 unspecified atom stereocenters. The smallest absolute Gasteiger partial charge is 0.241 e. The molecule has 1 aliphatic rings. The predicted octanol–water partition coefficient (Wildman–Crippen LogP) is 3.47. The lowest BCUT2D eigenvalue weighted by Crippen LogP contribution is -2.37. The molecule has 0 spiro atoms. The van der Waals surface area contributed by atoms with Gasteiger partial charge in [0.2, 0.25) is 5.91 Å². The highest BCUT2D eigenvalue weighted by Crippen LogP contribution is 2.31. The summed E-state index contributed by atoms with van der Waals surface area (Å²) in [5, 5.41) is 3.31. The van der Waals surface area contributed by atoms with Gasteiger partial charge in [0.25, 0.3) is 0 Å². The summed E-state index contributed by atoms with van der Waals surface area (Å²) in [4.78, 5) is 14.4. The van der Waals surface area contributed by atoms with E-state index in [0.717, 1.165) is 12.8 Å². The van der Waals surface area contributed by atoms with Crippen molar-refractivity contribution < 1.29 is 9.18 Å². The predicted molar refractivity (Wildman–Crippen MR) is 82.1 cm³/mol. The Morgan fingerprint density at radius 1 is 1.29 bits per heavy atom. The van der Waals surface area contributed by atoms with Crippen LogP contribution < -0.4 is 5.32 Å². The molecule has 1 aliphatic heterocycles. The topological polar surface area (TPSA) is 32.3 Å². The average molecular weight is 292 g/mol. The van der Waals surface area contributed by atoms with Crippen molar-refractivity contribution in [1.82, 2.24) is 10.2 Å². The molecule has 21 heavy (non-hydrogen) atoms. The van der Waals surface area contributed by atoms with E-state index in [1.165, 1.54) is 6.07 Å². The molecule has 3 nitrogen and oxygen atoms in total. The Hall–Kier alpha value is -1.42. The molecule has 4 heteroatoms. The molecule has 0 aromatic heterocycles. The van der Waals surface area contributed by atoms with E-state index in [2.05, 4.69) is 33.0 Å². The van der Waals surface area contributed by atoms with Crippen molar-refractivity contribution >= 4 is 5.91 Å². The monoisotopic (exact) mass is 292 g/mol. The highest BCUT2D eigenvalue weighted by atomic mass is 19.1. The number of hydrogen-bond donors (Lipinski definition) is 1. The van der Waals surface area contributed by atoms with Crippen molar-refractivity contribution in [3.8, 4) is 0 Å². The largest absolute Gasteiger partial charge is 0.321 e. The van der Waals surface area contributed by atoms with Crippen LogP contribution in [0.3, 0.4) is 0 Å². The lowest BCUT2D eigenvalue weighted by Gasteiger charge is -2.31. The fourth-order valence-corrected chi connectivity index (χ4v) is 2.81. The molecule has 116 valence electrons. The molecule has 0 aliphatic carbocycles. The number of amides is 1. The van der Waals surface area contributed by atoms with E-state index < -0.39 is 0 Å². The summed E-state index contributed by atoms with van der Waals surface area (Å²) in [5.74, 6) is -0.182. The summed E-state index contributed by atoms with van der Waals surface area (Å²) in [6.07, 6.45) is 1.34. The molecule has 1 N–H and O–H groups in total. The number of nitrogens with one attached hydrogen (secondary N) is 1. The Morgan fingerprint density at radius 3 is 2.52 bits per heavy atom. The van der Waals surface area contributed by atoms with E-state index in [-0.39, 0.29) is 29.3 Å². The highest BCUT2D eigenvalue weighted by molar-refractivity contribution is 5.84. The molecule has 1 aromatic rings. The van der Waals surface area contributed by atoms with Gasteiger partial charge in [0, 0.05) is 12.1 Å². The summed E-state index contributed by atoms with van der Waals surface area (Å²) in [6, 6.07) is 6.48. The van der Waals surface area contributed by atoms with Crippen molar-refractivity contribution in [3.63, 3.8) is 0 Å². The number of carbonyl (C=O) groups excluding carboxylic acids is 1. The van der Waals surface area contributed by atoms with Gasteiger partial charge in [-0.1, -0.05) is 52.3 Å². The van der Waals surface area contributed by atoms with Gasteiger partial charge in [-0.3, -0.25) is 10.1 Å². The van der Waals surface area contributed by atoms with Gasteiger partial charge in [0.15, 0.2) is 0 Å². The molecule has 0 saturated carbocycles. The number of rotatable bonds is 4. The van der Waals surface area contributed by atoms with Crippen molar-refractivity contribution in [1.29, 1.82) is 0 Å². The zero-order valence-electron chi connectivity index (χ0n) is 13.3. The zero-order chi connectivity index (χ0) is 15.6. The second kappa shape index (κ2) is 6.14. The van der Waals surface area contributed by atoms with Gasteiger partial charge >= 0.3 is 0 Å². The van der Waals surface area contributed by atoms with Crippen molar-refractivity contribution in [2.45, 2.75) is 52.7 Å². The van der Waals surface area contributed by atoms with E-state index in [1.54, 1.807) is 17.0 Å². The van der Waals surface area contributed by atoms with Crippen LogP contribution in [0.15, 0.2) is 24.3 Å². The Labute approximate surface area is 126 Å². The number of benzene rings is 1. The van der Waals surface area contributed by atoms with Crippen molar-refractivity contribution in [2.75, 3.05) is 6.54 Å². The summed E-state index contributed by atoms with van der Waals surface area (Å²) < 4.78 is 14.1. The van der Waals surface area contributed by atoms with Gasteiger partial charge in [0.1, 0.15) is 12.0 Å². The number of halogens is 1. The molecule has 1 saturated heterocycles. The first kappa shape index (κ1) is 16.0. The van der Waals surface area contributed by atoms with Crippen LogP contribution in [0.1, 0.15) is 52.3 Å². The van der Waals surface area contributed by atoms with E-state index in [9.17, 15) is 9.18 Å². The lowest BCUT2D eigenvalue weighted by atomic mass is 9.95. The lowest BCUT2D eigenvalue weighted by molar-refractivity contribution is -0.131. The molecule has 0 radical (unpaired) electrons. The summed E-state index contributed by atoms with van der Waals surface area (Å²) in [7, 11) is 0. The van der Waals surface area contributed by atoms with E-state index >= 15 is 0 Å². The van der Waals surface area contributed by atoms with Crippen LogP contribution in [0.25, 0.3) is 0 Å². The van der Waals surface area contributed by atoms with Gasteiger partial charge in [-0.25, -0.2) is 4.39 Å². The second-order valence-corrected chi connectivity index (χ2v) is 6.96. The molecule has 1 heterocycles. The summed E-state index contributed by atoms with van der Waals surface area (Å²) >= 11 is 0. The van der Waals surface area contributed by atoms with Crippen molar-refractivity contribution in [3.05, 3.63) is 35.6 Å². The third-order valence-corrected chi connectivity index (χ3v) is 3.67. The van der Waals surface area contributed by atoms with Crippen LogP contribution in [0.2, 0.25) is 0 Å². The minimum Gasteiger partial charge on any atom is -0.321 e. The molecular formula is C17H25FN2O. The Kier molecular flexibility index (Phi) is 4.67. The maximum atomic E-state index is 14.1. The standard InChI is InChI=1S/C17H25FN2O/c1-5-8-14-16(21)20(11-17(2,3)4)15(19-14)12-9-6-7-10-13(12)18/h6-7,9-10,14-15,19H,5,8,11H2,1-4H3. The third kappa shape index (κ3) is 3.62. The molecule has 0 bridgehead atoms. The van der Waals surface area contributed by atoms with Gasteiger partial charge in [0.05, 0.1) is 6.04 Å². The van der Waals surface area contributed by atoms with Crippen LogP contribution in [0.5, 0.6) is 0 Å². The fourth-order valence-electron chi connectivity index (χ4n) is 2.81. The fraction of sp³-hybridized carbons (Fsp3) is 0.588. The summed E-state index contributed by atoms with van der Waals surface area (Å²) in [5.41, 5.74) is 0.524. The molecular weight excluding hydrogens is 267 g/mol. The van der Waals surface area contributed by atoms with Gasteiger partial charge < -0.3 is 4.90 Å². The first-order valence-corrected chi connectivity index (χ1v) is 7.64. The van der Waals surface area contributed by atoms with Crippen molar-refractivity contribution in [2.24, 2.45) is 5.41 Å². The van der Waals surface area contributed by atoms with Crippen LogP contribution in [-0.4, -0.2) is 23.4 Å². The Morgan fingerprint density at radius 2 is 1.95 bits per heavy atom. The maximum absolute atomic E-state index is 14.1. The zero-order valence-corrected chi connectivity index (χ0v) is 13.3. The number of hydrogen-bond acceptors (Lipinski definition) is 2. The van der Waals surface area contributed by atoms with Gasteiger partial charge in [-0.05, 0) is 17.9 Å². The molecule has 1 aromatic carbocycles. The molecule has 2 atom stereocenters. The minimum atomic E-state index is -0.366. The van der Waals surface area contributed by atoms with Crippen LogP contribution in [0, 0.1) is 11.2 Å². The quantitative estimate of drug-likeness (QED) is 0.921. The number of carbonyl (C=O) groups is 1. The van der Waals surface area contributed by atoms with Crippen LogP contribution in [0.4, 0.5) is 4.39 Å². The highest BCUT2D eigenvalue weighted by Gasteiger charge is 2.41. The number of nitrogens with zero attached hydrogens (tertiary/aromatic N) is 1. The molecule has 1 fully saturated rings. The van der Waals surface area contributed by atoms with Crippen LogP contribution >= 0.6 is 0 Å². The van der Waals surface area contributed by atoms with Crippen LogP contribution in [-0.2, 0) is 4.79 Å². The average Bonchev–Trinajstić information content (AvgIpc) is 2.67. The Balaban J connectivity index is 2.32. The third-order valence-electron chi connectivity index (χ3n) is 3.67. The molecule has 1 amide bonds. The van der Waals surface area contributed by atoms with E-state index in [0.29, 0.717) is 12.1 Å². The minimum absolute atomic E-state index is 0.0258.